The Bertz CT molecular complexity index is 734. The highest BCUT2D eigenvalue weighted by molar-refractivity contribution is 5.87. The van der Waals surface area contributed by atoms with Gasteiger partial charge in [0, 0.05) is 11.1 Å². The second kappa shape index (κ2) is 7.03. The summed E-state index contributed by atoms with van der Waals surface area (Å²) in [6, 6.07) is 2.24. The number of hydrogen-bond acceptors (Lipinski definition) is 4. The molecule has 1 fully saturated rings. The van der Waals surface area contributed by atoms with Crippen molar-refractivity contribution < 1.29 is 19.0 Å². The fourth-order valence-corrected chi connectivity index (χ4v) is 5.84. The lowest BCUT2D eigenvalue weighted by molar-refractivity contribution is -0.156. The van der Waals surface area contributed by atoms with Crippen LogP contribution in [0.25, 0.3) is 0 Å². The third-order valence-corrected chi connectivity index (χ3v) is 7.01. The van der Waals surface area contributed by atoms with Crippen molar-refractivity contribution in [3.63, 3.8) is 0 Å². The predicted octanol–water partition coefficient (Wildman–Crippen LogP) is 5.01. The quantitative estimate of drug-likeness (QED) is 0.695. The van der Waals surface area contributed by atoms with Crippen LogP contribution in [0.2, 0.25) is 0 Å². The minimum atomic E-state index is -0.655. The van der Waals surface area contributed by atoms with Gasteiger partial charge in [-0.25, -0.2) is 0 Å². The van der Waals surface area contributed by atoms with Crippen molar-refractivity contribution in [3.8, 4) is 11.5 Å². The first-order valence-corrected chi connectivity index (χ1v) is 10.1. The number of ether oxygens (including phenoxy) is 3. The second-order valence-corrected chi connectivity index (χ2v) is 9.12. The minimum absolute atomic E-state index is 0.0824. The van der Waals surface area contributed by atoms with Crippen LogP contribution < -0.4 is 9.47 Å². The molecule has 3 rings (SSSR count). The van der Waals surface area contributed by atoms with E-state index in [-0.39, 0.29) is 17.3 Å². The number of carbonyl (C=O) groups excluding carboxylic acids is 1. The van der Waals surface area contributed by atoms with Crippen molar-refractivity contribution in [1.82, 2.24) is 0 Å². The number of carbonyl (C=O) groups is 1. The maximum absolute atomic E-state index is 13.3. The molecule has 0 bridgehead atoms. The van der Waals surface area contributed by atoms with Crippen LogP contribution in [0.1, 0.15) is 76.0 Å². The van der Waals surface area contributed by atoms with Crippen molar-refractivity contribution in [2.75, 3.05) is 21.3 Å². The number of esters is 1. The zero-order valence-electron chi connectivity index (χ0n) is 17.9. The summed E-state index contributed by atoms with van der Waals surface area (Å²) in [5.74, 6) is 1.92. The molecule has 2 aliphatic rings. The van der Waals surface area contributed by atoms with E-state index < -0.39 is 5.41 Å². The lowest BCUT2D eigenvalue weighted by Gasteiger charge is -2.54. The van der Waals surface area contributed by atoms with Gasteiger partial charge in [-0.15, -0.1) is 0 Å². The molecule has 2 unspecified atom stereocenters. The van der Waals surface area contributed by atoms with Gasteiger partial charge in [0.25, 0.3) is 0 Å². The third kappa shape index (κ3) is 2.83. The van der Waals surface area contributed by atoms with Gasteiger partial charge >= 0.3 is 5.97 Å². The first-order valence-electron chi connectivity index (χ1n) is 10.1. The van der Waals surface area contributed by atoms with E-state index in [1.165, 1.54) is 12.7 Å². The van der Waals surface area contributed by atoms with E-state index in [2.05, 4.69) is 33.8 Å². The van der Waals surface area contributed by atoms with E-state index in [4.69, 9.17) is 14.2 Å². The zero-order valence-corrected chi connectivity index (χ0v) is 17.9. The van der Waals surface area contributed by atoms with Gasteiger partial charge in [-0.2, -0.15) is 0 Å². The molecule has 0 spiro atoms. The van der Waals surface area contributed by atoms with Crippen LogP contribution in [0.4, 0.5) is 0 Å². The highest BCUT2D eigenvalue weighted by Crippen LogP contribution is 2.61. The van der Waals surface area contributed by atoms with E-state index in [1.54, 1.807) is 14.2 Å². The Morgan fingerprint density at radius 1 is 1.11 bits per heavy atom. The Morgan fingerprint density at radius 2 is 1.78 bits per heavy atom. The Hall–Kier alpha value is -1.71. The van der Waals surface area contributed by atoms with Crippen LogP contribution in [0, 0.1) is 11.3 Å². The Labute approximate surface area is 163 Å². The van der Waals surface area contributed by atoms with Crippen LogP contribution in [0.3, 0.4) is 0 Å². The SMILES string of the molecule is COC(=O)C12CCCC(C)(C)C1CCc1cc(C(C)C)c(OC)c(OC)c12. The maximum Gasteiger partial charge on any atom is 0.316 e. The maximum atomic E-state index is 13.3. The summed E-state index contributed by atoms with van der Waals surface area (Å²) >= 11 is 0. The van der Waals surface area contributed by atoms with Gasteiger partial charge in [-0.1, -0.05) is 40.2 Å². The molecule has 4 nitrogen and oxygen atoms in total. The Kier molecular flexibility index (Phi) is 5.22. The fraction of sp³-hybridized carbons (Fsp3) is 0.696. The first kappa shape index (κ1) is 20.0. The lowest BCUT2D eigenvalue weighted by atomic mass is 9.49. The van der Waals surface area contributed by atoms with Crippen molar-refractivity contribution in [3.05, 3.63) is 22.8 Å². The van der Waals surface area contributed by atoms with Gasteiger partial charge in [-0.3, -0.25) is 4.79 Å². The normalized spacial score (nSPS) is 26.1. The van der Waals surface area contributed by atoms with E-state index in [0.29, 0.717) is 5.92 Å². The standard InChI is InChI=1S/C23H34O4/c1-14(2)16-13-15-9-10-17-22(3,4)11-8-12-23(17,21(24)27-7)18(15)20(26-6)19(16)25-5/h13-14,17H,8-12H2,1-7H3. The molecule has 1 saturated carbocycles. The molecule has 2 aliphatic carbocycles. The molecule has 0 aromatic heterocycles. The van der Waals surface area contributed by atoms with Crippen molar-refractivity contribution in [1.29, 1.82) is 0 Å². The Morgan fingerprint density at radius 3 is 2.33 bits per heavy atom. The summed E-state index contributed by atoms with van der Waals surface area (Å²) in [6.07, 6.45) is 4.91. The molecular weight excluding hydrogens is 340 g/mol. The molecule has 0 aliphatic heterocycles. The largest absolute Gasteiger partial charge is 0.493 e. The van der Waals surface area contributed by atoms with Crippen molar-refractivity contribution in [2.24, 2.45) is 11.3 Å². The number of aryl methyl sites for hydroxylation is 1. The summed E-state index contributed by atoms with van der Waals surface area (Å²) in [5, 5.41) is 0. The zero-order chi connectivity index (χ0) is 20.0. The highest BCUT2D eigenvalue weighted by atomic mass is 16.5. The monoisotopic (exact) mass is 374 g/mol. The van der Waals surface area contributed by atoms with E-state index in [0.717, 1.165) is 54.7 Å². The summed E-state index contributed by atoms with van der Waals surface area (Å²) in [5.41, 5.74) is 2.80. The van der Waals surface area contributed by atoms with Gasteiger partial charge in [0.2, 0.25) is 0 Å². The molecular formula is C23H34O4. The summed E-state index contributed by atoms with van der Waals surface area (Å²) in [4.78, 5) is 13.3. The van der Waals surface area contributed by atoms with Crippen LogP contribution in [0.15, 0.2) is 6.07 Å². The van der Waals surface area contributed by atoms with Crippen LogP contribution >= 0.6 is 0 Å². The lowest BCUT2D eigenvalue weighted by Crippen LogP contribution is -2.55. The van der Waals surface area contributed by atoms with Crippen LogP contribution in [-0.4, -0.2) is 27.3 Å². The number of methoxy groups -OCH3 is 3. The third-order valence-electron chi connectivity index (χ3n) is 7.01. The second-order valence-electron chi connectivity index (χ2n) is 9.12. The number of benzene rings is 1. The summed E-state index contributed by atoms with van der Waals surface area (Å²) in [6.45, 7) is 8.92. The van der Waals surface area contributed by atoms with Gasteiger partial charge in [0.05, 0.1) is 21.3 Å². The molecule has 0 amide bonds. The van der Waals surface area contributed by atoms with Crippen molar-refractivity contribution in [2.45, 2.75) is 71.1 Å². The van der Waals surface area contributed by atoms with Gasteiger partial charge in [0.15, 0.2) is 11.5 Å². The molecule has 1 aromatic carbocycles. The highest BCUT2D eigenvalue weighted by Gasteiger charge is 2.59. The van der Waals surface area contributed by atoms with Crippen LogP contribution in [0.5, 0.6) is 11.5 Å². The molecule has 150 valence electrons. The van der Waals surface area contributed by atoms with E-state index in [9.17, 15) is 4.79 Å². The molecule has 0 radical (unpaired) electrons. The summed E-state index contributed by atoms with van der Waals surface area (Å²) in [7, 11) is 4.88. The molecule has 2 atom stereocenters. The van der Waals surface area contributed by atoms with E-state index in [1.807, 2.05) is 0 Å². The average molecular weight is 375 g/mol. The number of hydrogen-bond donors (Lipinski definition) is 0. The van der Waals surface area contributed by atoms with Crippen molar-refractivity contribution >= 4 is 5.97 Å². The number of fused-ring (bicyclic) bond motifs is 3. The Balaban J connectivity index is 2.37. The van der Waals surface area contributed by atoms with E-state index >= 15 is 0 Å². The molecule has 1 aromatic rings. The molecule has 0 N–H and O–H groups in total. The smallest absolute Gasteiger partial charge is 0.316 e. The molecule has 4 heteroatoms. The fourth-order valence-electron chi connectivity index (χ4n) is 5.84. The van der Waals surface area contributed by atoms with Crippen LogP contribution in [-0.2, 0) is 21.4 Å². The first-order chi connectivity index (χ1) is 12.7. The van der Waals surface area contributed by atoms with Gasteiger partial charge < -0.3 is 14.2 Å². The predicted molar refractivity (Wildman–Crippen MR) is 107 cm³/mol. The summed E-state index contributed by atoms with van der Waals surface area (Å²) < 4.78 is 17.2. The average Bonchev–Trinajstić information content (AvgIpc) is 2.64. The molecule has 0 saturated heterocycles. The number of rotatable bonds is 4. The van der Waals surface area contributed by atoms with Gasteiger partial charge in [-0.05, 0) is 48.5 Å². The molecule has 0 heterocycles. The van der Waals surface area contributed by atoms with Gasteiger partial charge in [0.1, 0.15) is 5.41 Å². The molecule has 27 heavy (non-hydrogen) atoms. The minimum Gasteiger partial charge on any atom is -0.493 e. The topological polar surface area (TPSA) is 44.8 Å².